The van der Waals surface area contributed by atoms with Crippen molar-refractivity contribution in [2.24, 2.45) is 0 Å². The molecule has 1 N–H and O–H groups in total. The fourth-order valence-corrected chi connectivity index (χ4v) is 2.43. The molecule has 0 bridgehead atoms. The Morgan fingerprint density at radius 2 is 2.06 bits per heavy atom. The topological polar surface area (TPSA) is 36.4 Å². The van der Waals surface area contributed by atoms with Crippen LogP contribution in [-0.4, -0.2) is 40.4 Å². The molecule has 0 spiro atoms. The summed E-state index contributed by atoms with van der Waals surface area (Å²) in [5.74, 6) is 1.08. The highest BCUT2D eigenvalue weighted by atomic mass is 32.2. The minimum atomic E-state index is -0.482. The van der Waals surface area contributed by atoms with Gasteiger partial charge in [0.25, 0.3) is 0 Å². The van der Waals surface area contributed by atoms with Crippen LogP contribution in [0.2, 0.25) is 0 Å². The lowest BCUT2D eigenvalue weighted by atomic mass is 10.2. The molecule has 3 nitrogen and oxygen atoms in total. The molecule has 0 amide bonds. The van der Waals surface area contributed by atoms with Gasteiger partial charge < -0.3 is 10.0 Å². The van der Waals surface area contributed by atoms with Crippen LogP contribution < -0.4 is 0 Å². The van der Waals surface area contributed by atoms with E-state index in [0.717, 1.165) is 31.1 Å². The Labute approximate surface area is 108 Å². The molecular weight excluding hydrogens is 232 g/mol. The highest BCUT2D eigenvalue weighted by molar-refractivity contribution is 7.99. The molecule has 1 atom stereocenters. The smallest absolute Gasteiger partial charge is 0.0931 e. The molecular formula is C13H22N2OS. The fraction of sp³-hybridized carbons (Fsp3) is 0.615. The SMILES string of the molecule is CCN(CC)CCSc1ccc([C@H](C)O)nc1. The van der Waals surface area contributed by atoms with E-state index in [4.69, 9.17) is 0 Å². The van der Waals surface area contributed by atoms with Gasteiger partial charge in [0.2, 0.25) is 0 Å². The maximum atomic E-state index is 9.35. The highest BCUT2D eigenvalue weighted by Gasteiger charge is 2.03. The van der Waals surface area contributed by atoms with Gasteiger partial charge in [0.05, 0.1) is 11.8 Å². The van der Waals surface area contributed by atoms with Crippen molar-refractivity contribution < 1.29 is 5.11 Å². The van der Waals surface area contributed by atoms with Crippen LogP contribution in [0.15, 0.2) is 23.2 Å². The number of pyridine rings is 1. The van der Waals surface area contributed by atoms with Crippen LogP contribution in [0.25, 0.3) is 0 Å². The van der Waals surface area contributed by atoms with Gasteiger partial charge in [-0.25, -0.2) is 0 Å². The third-order valence-corrected chi connectivity index (χ3v) is 3.72. The Morgan fingerprint density at radius 1 is 1.35 bits per heavy atom. The summed E-state index contributed by atoms with van der Waals surface area (Å²) in [6, 6.07) is 3.92. The van der Waals surface area contributed by atoms with Crippen LogP contribution >= 0.6 is 11.8 Å². The first-order valence-corrected chi connectivity index (χ1v) is 7.15. The number of thioether (sulfide) groups is 1. The summed E-state index contributed by atoms with van der Waals surface area (Å²) in [6.07, 6.45) is 1.36. The van der Waals surface area contributed by atoms with Crippen molar-refractivity contribution in [2.75, 3.05) is 25.4 Å². The van der Waals surface area contributed by atoms with Crippen molar-refractivity contribution >= 4 is 11.8 Å². The van der Waals surface area contributed by atoms with Gasteiger partial charge in [0, 0.05) is 23.4 Å². The van der Waals surface area contributed by atoms with Crippen LogP contribution in [0.5, 0.6) is 0 Å². The molecule has 1 aromatic rings. The molecule has 0 saturated carbocycles. The summed E-state index contributed by atoms with van der Waals surface area (Å²) in [4.78, 5) is 7.81. The van der Waals surface area contributed by atoms with Crippen molar-refractivity contribution in [3.05, 3.63) is 24.0 Å². The third kappa shape index (κ3) is 5.06. The molecule has 1 aromatic heterocycles. The molecule has 1 rings (SSSR count). The van der Waals surface area contributed by atoms with Crippen molar-refractivity contribution in [3.63, 3.8) is 0 Å². The van der Waals surface area contributed by atoms with Crippen LogP contribution in [0.3, 0.4) is 0 Å². The van der Waals surface area contributed by atoms with Gasteiger partial charge in [0.1, 0.15) is 0 Å². The number of aliphatic hydroxyl groups is 1. The zero-order chi connectivity index (χ0) is 12.7. The van der Waals surface area contributed by atoms with E-state index in [0.29, 0.717) is 0 Å². The minimum absolute atomic E-state index is 0.482. The largest absolute Gasteiger partial charge is 0.387 e. The van der Waals surface area contributed by atoms with E-state index in [-0.39, 0.29) is 0 Å². The summed E-state index contributed by atoms with van der Waals surface area (Å²) in [5.41, 5.74) is 0.734. The van der Waals surface area contributed by atoms with E-state index in [1.54, 1.807) is 6.92 Å². The van der Waals surface area contributed by atoms with Gasteiger partial charge in [-0.05, 0) is 32.1 Å². The second kappa shape index (κ2) is 7.69. The summed E-state index contributed by atoms with van der Waals surface area (Å²) >= 11 is 1.81. The van der Waals surface area contributed by atoms with Gasteiger partial charge in [-0.15, -0.1) is 11.8 Å². The number of nitrogens with zero attached hydrogens (tertiary/aromatic N) is 2. The van der Waals surface area contributed by atoms with Crippen molar-refractivity contribution in [3.8, 4) is 0 Å². The summed E-state index contributed by atoms with van der Waals surface area (Å²) in [7, 11) is 0. The molecule has 0 aliphatic rings. The standard InChI is InChI=1S/C13H22N2OS/c1-4-15(5-2)8-9-17-12-6-7-13(11(3)16)14-10-12/h6-7,10-11,16H,4-5,8-9H2,1-3H3/t11-/m0/s1. The molecule has 0 aliphatic heterocycles. The van der Waals surface area contributed by atoms with Crippen LogP contribution in [0.4, 0.5) is 0 Å². The average Bonchev–Trinajstić information content (AvgIpc) is 2.35. The molecule has 0 fully saturated rings. The lowest BCUT2D eigenvalue weighted by Gasteiger charge is -2.17. The zero-order valence-corrected chi connectivity index (χ0v) is 11.7. The molecule has 96 valence electrons. The molecule has 0 aliphatic carbocycles. The Hall–Kier alpha value is -0.580. The van der Waals surface area contributed by atoms with E-state index in [1.807, 2.05) is 30.1 Å². The van der Waals surface area contributed by atoms with Crippen molar-refractivity contribution in [2.45, 2.75) is 31.8 Å². The molecule has 0 radical (unpaired) electrons. The molecule has 0 unspecified atom stereocenters. The van der Waals surface area contributed by atoms with E-state index in [9.17, 15) is 5.11 Å². The van der Waals surface area contributed by atoms with Gasteiger partial charge >= 0.3 is 0 Å². The predicted octanol–water partition coefficient (Wildman–Crippen LogP) is 2.57. The number of hydrogen-bond donors (Lipinski definition) is 1. The number of hydrogen-bond acceptors (Lipinski definition) is 4. The normalized spacial score (nSPS) is 13.0. The van der Waals surface area contributed by atoms with Crippen molar-refractivity contribution in [1.82, 2.24) is 9.88 Å². The predicted molar refractivity (Wildman–Crippen MR) is 73.4 cm³/mol. The van der Waals surface area contributed by atoms with E-state index >= 15 is 0 Å². The average molecular weight is 254 g/mol. The van der Waals surface area contributed by atoms with Gasteiger partial charge in [0.15, 0.2) is 0 Å². The maximum absolute atomic E-state index is 9.35. The number of rotatable bonds is 7. The van der Waals surface area contributed by atoms with E-state index in [2.05, 4.69) is 23.7 Å². The second-order valence-corrected chi connectivity index (χ2v) is 5.14. The highest BCUT2D eigenvalue weighted by Crippen LogP contribution is 2.18. The van der Waals surface area contributed by atoms with Crippen LogP contribution in [0, 0.1) is 0 Å². The lowest BCUT2D eigenvalue weighted by molar-refractivity contribution is 0.194. The first kappa shape index (κ1) is 14.5. The molecule has 1 heterocycles. The second-order valence-electron chi connectivity index (χ2n) is 3.97. The van der Waals surface area contributed by atoms with E-state index < -0.39 is 6.10 Å². The quantitative estimate of drug-likeness (QED) is 0.759. The first-order valence-electron chi connectivity index (χ1n) is 6.16. The molecule has 4 heteroatoms. The Balaban J connectivity index is 2.37. The van der Waals surface area contributed by atoms with Crippen molar-refractivity contribution in [1.29, 1.82) is 0 Å². The Morgan fingerprint density at radius 3 is 2.53 bits per heavy atom. The van der Waals surface area contributed by atoms with Crippen LogP contribution in [0.1, 0.15) is 32.6 Å². The van der Waals surface area contributed by atoms with Gasteiger partial charge in [-0.3, -0.25) is 4.98 Å². The summed E-state index contributed by atoms with van der Waals surface area (Å²) in [6.45, 7) is 9.43. The Bertz CT molecular complexity index is 310. The fourth-order valence-electron chi connectivity index (χ4n) is 1.56. The van der Waals surface area contributed by atoms with Gasteiger partial charge in [-0.2, -0.15) is 0 Å². The summed E-state index contributed by atoms with van der Waals surface area (Å²) < 4.78 is 0. The molecule has 0 saturated heterocycles. The number of aromatic nitrogens is 1. The van der Waals surface area contributed by atoms with Gasteiger partial charge in [-0.1, -0.05) is 13.8 Å². The molecule has 0 aromatic carbocycles. The number of aliphatic hydroxyl groups excluding tert-OH is 1. The van der Waals surface area contributed by atoms with Crippen LogP contribution in [-0.2, 0) is 0 Å². The van der Waals surface area contributed by atoms with E-state index in [1.165, 1.54) is 4.90 Å². The lowest BCUT2D eigenvalue weighted by Crippen LogP contribution is -2.25. The molecule has 17 heavy (non-hydrogen) atoms. The summed E-state index contributed by atoms with van der Waals surface area (Å²) in [5, 5.41) is 9.35. The maximum Gasteiger partial charge on any atom is 0.0931 e. The monoisotopic (exact) mass is 254 g/mol. The first-order chi connectivity index (χ1) is 8.17. The minimum Gasteiger partial charge on any atom is -0.387 e. The third-order valence-electron chi connectivity index (χ3n) is 2.76. The Kier molecular flexibility index (Phi) is 6.55. The zero-order valence-electron chi connectivity index (χ0n) is 10.9.